The van der Waals surface area contributed by atoms with Gasteiger partial charge < -0.3 is 5.73 Å². The molecule has 106 valence electrons. The van der Waals surface area contributed by atoms with Gasteiger partial charge in [0.05, 0.1) is 5.69 Å². The maximum atomic E-state index is 13.7. The summed E-state index contributed by atoms with van der Waals surface area (Å²) >= 11 is 0. The Morgan fingerprint density at radius 2 is 1.90 bits per heavy atom. The molecule has 0 saturated carbocycles. The highest BCUT2D eigenvalue weighted by atomic mass is 32.2. The number of benzene rings is 2. The highest BCUT2D eigenvalue weighted by molar-refractivity contribution is 7.92. The Morgan fingerprint density at radius 3 is 2.60 bits per heavy atom. The molecule has 2 aromatic rings. The molecule has 2 aromatic carbocycles. The third-order valence-electron chi connectivity index (χ3n) is 2.86. The van der Waals surface area contributed by atoms with Crippen LogP contribution in [0.2, 0.25) is 0 Å². The van der Waals surface area contributed by atoms with Crippen molar-refractivity contribution in [2.45, 2.75) is 18.4 Å². The van der Waals surface area contributed by atoms with E-state index in [0.717, 1.165) is 6.07 Å². The fraction of sp³-hybridized carbons (Fsp3) is 0.143. The first-order valence-electron chi connectivity index (χ1n) is 6.01. The van der Waals surface area contributed by atoms with Gasteiger partial charge in [0.2, 0.25) is 0 Å². The van der Waals surface area contributed by atoms with Gasteiger partial charge in [0, 0.05) is 6.54 Å². The van der Waals surface area contributed by atoms with Crippen molar-refractivity contribution in [3.63, 3.8) is 0 Å². The SMILES string of the molecule is Cc1ccc(F)c(S(=O)(=O)Nc2ccccc2CN)c1. The van der Waals surface area contributed by atoms with E-state index in [4.69, 9.17) is 5.73 Å². The molecular weight excluding hydrogens is 279 g/mol. The Balaban J connectivity index is 2.43. The van der Waals surface area contributed by atoms with Gasteiger partial charge in [-0.1, -0.05) is 24.3 Å². The van der Waals surface area contributed by atoms with Gasteiger partial charge in [0.1, 0.15) is 10.7 Å². The normalized spacial score (nSPS) is 11.3. The molecule has 0 aliphatic rings. The Morgan fingerprint density at radius 1 is 1.20 bits per heavy atom. The van der Waals surface area contributed by atoms with Crippen LogP contribution in [0.5, 0.6) is 0 Å². The lowest BCUT2D eigenvalue weighted by molar-refractivity contribution is 0.570. The average molecular weight is 294 g/mol. The second-order valence-electron chi connectivity index (χ2n) is 4.40. The van der Waals surface area contributed by atoms with Crippen molar-refractivity contribution in [2.75, 3.05) is 4.72 Å². The molecule has 0 saturated heterocycles. The summed E-state index contributed by atoms with van der Waals surface area (Å²) in [5.74, 6) is -0.784. The number of halogens is 1. The van der Waals surface area contributed by atoms with Crippen LogP contribution >= 0.6 is 0 Å². The molecule has 0 spiro atoms. The highest BCUT2D eigenvalue weighted by Gasteiger charge is 2.20. The summed E-state index contributed by atoms with van der Waals surface area (Å²) < 4.78 is 40.6. The van der Waals surface area contributed by atoms with Gasteiger partial charge in [-0.25, -0.2) is 12.8 Å². The predicted molar refractivity (Wildman–Crippen MR) is 76.3 cm³/mol. The largest absolute Gasteiger partial charge is 0.326 e. The van der Waals surface area contributed by atoms with Crippen LogP contribution in [0.25, 0.3) is 0 Å². The molecule has 0 aromatic heterocycles. The molecule has 0 amide bonds. The van der Waals surface area contributed by atoms with Crippen LogP contribution in [0, 0.1) is 12.7 Å². The van der Waals surface area contributed by atoms with E-state index >= 15 is 0 Å². The van der Waals surface area contributed by atoms with E-state index in [0.29, 0.717) is 16.8 Å². The lowest BCUT2D eigenvalue weighted by atomic mass is 10.2. The molecule has 0 radical (unpaired) electrons. The summed E-state index contributed by atoms with van der Waals surface area (Å²) in [7, 11) is -3.98. The van der Waals surface area contributed by atoms with E-state index in [9.17, 15) is 12.8 Å². The maximum Gasteiger partial charge on any atom is 0.264 e. The standard InChI is InChI=1S/C14H15FN2O2S/c1-10-6-7-12(15)14(8-10)20(18,19)17-13-5-3-2-4-11(13)9-16/h2-8,17H,9,16H2,1H3. The third kappa shape index (κ3) is 2.97. The first-order chi connectivity index (χ1) is 9.44. The van der Waals surface area contributed by atoms with Crippen LogP contribution in [0.4, 0.5) is 10.1 Å². The van der Waals surface area contributed by atoms with Crippen LogP contribution in [0.3, 0.4) is 0 Å². The molecule has 0 aliphatic carbocycles. The van der Waals surface area contributed by atoms with Crippen LogP contribution < -0.4 is 10.5 Å². The summed E-state index contributed by atoms with van der Waals surface area (Å²) in [6.07, 6.45) is 0. The first kappa shape index (κ1) is 14.5. The minimum absolute atomic E-state index is 0.189. The van der Waals surface area contributed by atoms with Crippen molar-refractivity contribution in [1.29, 1.82) is 0 Å². The number of hydrogen-bond acceptors (Lipinski definition) is 3. The second kappa shape index (κ2) is 5.60. The first-order valence-corrected chi connectivity index (χ1v) is 7.49. The Bertz CT molecular complexity index is 730. The molecule has 0 fully saturated rings. The van der Waals surface area contributed by atoms with Crippen LogP contribution in [0.1, 0.15) is 11.1 Å². The minimum atomic E-state index is -3.98. The summed E-state index contributed by atoms with van der Waals surface area (Å²) in [5, 5.41) is 0. The molecule has 0 heterocycles. The Hall–Kier alpha value is -1.92. The lowest BCUT2D eigenvalue weighted by Crippen LogP contribution is -2.16. The third-order valence-corrected chi connectivity index (χ3v) is 4.24. The van der Waals surface area contributed by atoms with E-state index in [1.165, 1.54) is 12.1 Å². The number of anilines is 1. The highest BCUT2D eigenvalue weighted by Crippen LogP contribution is 2.22. The quantitative estimate of drug-likeness (QED) is 0.909. The molecule has 0 atom stereocenters. The molecule has 20 heavy (non-hydrogen) atoms. The summed E-state index contributed by atoms with van der Waals surface area (Å²) in [6.45, 7) is 1.89. The number of nitrogens with two attached hydrogens (primary N) is 1. The van der Waals surface area contributed by atoms with Crippen molar-refractivity contribution in [3.05, 3.63) is 59.4 Å². The Kier molecular flexibility index (Phi) is 4.06. The topological polar surface area (TPSA) is 72.2 Å². The monoisotopic (exact) mass is 294 g/mol. The van der Waals surface area contributed by atoms with Gasteiger partial charge in [0.25, 0.3) is 10.0 Å². The van der Waals surface area contributed by atoms with Gasteiger partial charge in [-0.15, -0.1) is 0 Å². The summed E-state index contributed by atoms with van der Waals surface area (Å²) in [4.78, 5) is -0.371. The van der Waals surface area contributed by atoms with Crippen molar-refractivity contribution in [3.8, 4) is 0 Å². The molecule has 4 nitrogen and oxygen atoms in total. The summed E-state index contributed by atoms with van der Waals surface area (Å²) in [6, 6.07) is 10.7. The van der Waals surface area contributed by atoms with Gasteiger partial charge in [-0.05, 0) is 36.2 Å². The molecule has 0 aliphatic heterocycles. The van der Waals surface area contributed by atoms with Crippen LogP contribution in [-0.2, 0) is 16.6 Å². The van der Waals surface area contributed by atoms with E-state index in [-0.39, 0.29) is 11.4 Å². The maximum absolute atomic E-state index is 13.7. The van der Waals surface area contributed by atoms with Gasteiger partial charge in [-0.3, -0.25) is 4.72 Å². The fourth-order valence-corrected chi connectivity index (χ4v) is 3.08. The molecule has 3 N–H and O–H groups in total. The van der Waals surface area contributed by atoms with Crippen LogP contribution in [0.15, 0.2) is 47.4 Å². The van der Waals surface area contributed by atoms with Gasteiger partial charge in [-0.2, -0.15) is 0 Å². The minimum Gasteiger partial charge on any atom is -0.326 e. The number of para-hydroxylation sites is 1. The van der Waals surface area contributed by atoms with Gasteiger partial charge in [0.15, 0.2) is 0 Å². The summed E-state index contributed by atoms with van der Waals surface area (Å²) in [5.41, 5.74) is 7.22. The zero-order chi connectivity index (χ0) is 14.8. The average Bonchev–Trinajstić information content (AvgIpc) is 2.41. The smallest absolute Gasteiger partial charge is 0.264 e. The van der Waals surface area contributed by atoms with Crippen LogP contribution in [-0.4, -0.2) is 8.42 Å². The number of aryl methyl sites for hydroxylation is 1. The predicted octanol–water partition coefficient (Wildman–Crippen LogP) is 2.39. The molecule has 2 rings (SSSR count). The number of rotatable bonds is 4. The molecule has 0 bridgehead atoms. The van der Waals surface area contributed by atoms with Crippen molar-refractivity contribution in [1.82, 2.24) is 0 Å². The van der Waals surface area contributed by atoms with E-state index < -0.39 is 15.8 Å². The van der Waals surface area contributed by atoms with Gasteiger partial charge >= 0.3 is 0 Å². The van der Waals surface area contributed by atoms with Crippen molar-refractivity contribution >= 4 is 15.7 Å². The van der Waals surface area contributed by atoms with E-state index in [1.54, 1.807) is 31.2 Å². The molecule has 0 unspecified atom stereocenters. The van der Waals surface area contributed by atoms with Crippen molar-refractivity contribution in [2.24, 2.45) is 5.73 Å². The number of nitrogens with one attached hydrogen (secondary N) is 1. The molecule has 6 heteroatoms. The van der Waals surface area contributed by atoms with Crippen molar-refractivity contribution < 1.29 is 12.8 Å². The van der Waals surface area contributed by atoms with E-state index in [2.05, 4.69) is 4.72 Å². The zero-order valence-electron chi connectivity index (χ0n) is 10.9. The fourth-order valence-electron chi connectivity index (χ4n) is 1.81. The number of sulfonamides is 1. The lowest BCUT2D eigenvalue weighted by Gasteiger charge is -2.12. The van der Waals surface area contributed by atoms with E-state index in [1.807, 2.05) is 0 Å². The second-order valence-corrected chi connectivity index (χ2v) is 6.05. The Labute approximate surface area is 117 Å². The molecular formula is C14H15FN2O2S. The zero-order valence-corrected chi connectivity index (χ0v) is 11.7. The number of hydrogen-bond donors (Lipinski definition) is 2.